The highest BCUT2D eigenvalue weighted by Gasteiger charge is 2.21. The van der Waals surface area contributed by atoms with E-state index in [1.165, 1.54) is 6.07 Å². The number of hydrogen-bond acceptors (Lipinski definition) is 6. The van der Waals surface area contributed by atoms with Crippen LogP contribution in [0.2, 0.25) is 0 Å². The smallest absolute Gasteiger partial charge is 0.224 e. The van der Waals surface area contributed by atoms with E-state index in [0.717, 1.165) is 31.9 Å². The molecule has 0 radical (unpaired) electrons. The summed E-state index contributed by atoms with van der Waals surface area (Å²) in [4.78, 5) is 12.9. The Hall–Kier alpha value is -2.35. The van der Waals surface area contributed by atoms with Crippen molar-refractivity contribution in [1.29, 1.82) is 0 Å². The maximum absolute atomic E-state index is 13.5. The monoisotopic (exact) mass is 377 g/mol. The van der Waals surface area contributed by atoms with Gasteiger partial charge in [-0.25, -0.2) is 13.8 Å². The van der Waals surface area contributed by atoms with E-state index in [1.54, 1.807) is 19.2 Å². The van der Waals surface area contributed by atoms with Gasteiger partial charge in [0.05, 0.1) is 23.6 Å². The van der Waals surface area contributed by atoms with Crippen molar-refractivity contribution in [2.75, 3.05) is 17.2 Å². The number of anilines is 2. The zero-order valence-electron chi connectivity index (χ0n) is 15.3. The van der Waals surface area contributed by atoms with Gasteiger partial charge >= 0.3 is 0 Å². The van der Waals surface area contributed by atoms with Crippen LogP contribution in [-0.4, -0.2) is 44.9 Å². The van der Waals surface area contributed by atoms with Gasteiger partial charge in [0, 0.05) is 18.8 Å². The molecule has 1 saturated carbocycles. The fraction of sp³-hybridized carbons (Fsp3) is 0.526. The maximum atomic E-state index is 13.5. The van der Waals surface area contributed by atoms with Gasteiger partial charge in [0.1, 0.15) is 17.8 Å². The van der Waals surface area contributed by atoms with Gasteiger partial charge in [-0.2, -0.15) is 4.98 Å². The molecule has 6 nitrogen and oxygen atoms in total. The Bertz CT molecular complexity index is 735. The van der Waals surface area contributed by atoms with Crippen LogP contribution >= 0.6 is 0 Å². The summed E-state index contributed by atoms with van der Waals surface area (Å²) in [7, 11) is 0. The zero-order valence-corrected chi connectivity index (χ0v) is 15.3. The third-order valence-electron chi connectivity index (χ3n) is 4.75. The van der Waals surface area contributed by atoms with Crippen molar-refractivity contribution in [3.05, 3.63) is 30.3 Å². The van der Waals surface area contributed by atoms with Crippen molar-refractivity contribution >= 4 is 11.8 Å². The third kappa shape index (κ3) is 5.32. The van der Waals surface area contributed by atoms with Gasteiger partial charge in [-0.05, 0) is 44.2 Å². The molecule has 1 atom stereocenters. The number of nitrogens with zero attached hydrogens (tertiary/aromatic N) is 3. The summed E-state index contributed by atoms with van der Waals surface area (Å²) in [5, 5.41) is 16.0. The Balaban J connectivity index is 1.83. The van der Waals surface area contributed by atoms with E-state index in [-0.39, 0.29) is 18.7 Å². The fourth-order valence-electron chi connectivity index (χ4n) is 3.06. The Morgan fingerprint density at radius 1 is 1.19 bits per heavy atom. The summed E-state index contributed by atoms with van der Waals surface area (Å²) in [6.07, 6.45) is 5.07. The van der Waals surface area contributed by atoms with Crippen molar-refractivity contribution in [3.8, 4) is 11.3 Å². The lowest BCUT2D eigenvalue weighted by molar-refractivity contribution is 0.126. The van der Waals surface area contributed by atoms with Crippen LogP contribution < -0.4 is 10.6 Å². The molecule has 146 valence electrons. The number of nitrogens with one attached hydrogen (secondary N) is 2. The molecule has 0 saturated heterocycles. The van der Waals surface area contributed by atoms with Crippen LogP contribution in [0.15, 0.2) is 24.5 Å². The van der Waals surface area contributed by atoms with Gasteiger partial charge in [0.2, 0.25) is 5.95 Å². The number of halogens is 2. The van der Waals surface area contributed by atoms with E-state index >= 15 is 0 Å². The molecule has 27 heavy (non-hydrogen) atoms. The van der Waals surface area contributed by atoms with E-state index in [4.69, 9.17) is 0 Å². The predicted octanol–water partition coefficient (Wildman–Crippen LogP) is 3.55. The molecule has 0 bridgehead atoms. The average Bonchev–Trinajstić information content (AvgIpc) is 2.69. The molecule has 1 fully saturated rings. The molecule has 0 aliphatic heterocycles. The molecule has 1 aliphatic carbocycles. The molecular formula is C19H25F2N5O. The first-order valence-corrected chi connectivity index (χ1v) is 9.36. The summed E-state index contributed by atoms with van der Waals surface area (Å²) < 4.78 is 26.7. The number of aromatic nitrogens is 3. The van der Waals surface area contributed by atoms with E-state index in [1.807, 2.05) is 0 Å². The minimum Gasteiger partial charge on any atom is -0.393 e. The first-order chi connectivity index (χ1) is 13.0. The van der Waals surface area contributed by atoms with Crippen LogP contribution in [0.1, 0.15) is 39.0 Å². The lowest BCUT2D eigenvalue weighted by Crippen LogP contribution is -2.29. The van der Waals surface area contributed by atoms with Crippen LogP contribution in [0.4, 0.5) is 20.5 Å². The quantitative estimate of drug-likeness (QED) is 0.684. The second-order valence-corrected chi connectivity index (χ2v) is 6.85. The van der Waals surface area contributed by atoms with E-state index < -0.39 is 12.0 Å². The second kappa shape index (κ2) is 9.03. The van der Waals surface area contributed by atoms with Gasteiger partial charge < -0.3 is 15.7 Å². The molecule has 8 heteroatoms. The highest BCUT2D eigenvalue weighted by Crippen LogP contribution is 2.28. The number of aliphatic hydroxyl groups excluding tert-OH is 1. The highest BCUT2D eigenvalue weighted by atomic mass is 19.1. The Morgan fingerprint density at radius 3 is 2.63 bits per heavy atom. The van der Waals surface area contributed by atoms with Crippen LogP contribution in [0.25, 0.3) is 11.3 Å². The van der Waals surface area contributed by atoms with Gasteiger partial charge in [-0.15, -0.1) is 0 Å². The van der Waals surface area contributed by atoms with Crippen molar-refractivity contribution in [3.63, 3.8) is 0 Å². The lowest BCUT2D eigenvalue weighted by atomic mass is 9.93. The molecule has 1 aliphatic rings. The second-order valence-electron chi connectivity index (χ2n) is 6.85. The number of aliphatic hydroxyl groups is 1. The molecule has 2 aromatic rings. The predicted molar refractivity (Wildman–Crippen MR) is 101 cm³/mol. The lowest BCUT2D eigenvalue weighted by Gasteiger charge is -2.27. The Morgan fingerprint density at radius 2 is 1.96 bits per heavy atom. The van der Waals surface area contributed by atoms with E-state index in [0.29, 0.717) is 29.4 Å². The van der Waals surface area contributed by atoms with Crippen LogP contribution in [0, 0.1) is 5.82 Å². The standard InChI is InChI=1S/C19H25F2N5O/c1-2-12(20)9-23-19-24-11-16(17-8-3-13(21)10-22-17)18(26-19)25-14-4-6-15(27)7-5-14/h3,8,10-12,14-15,27H,2,4-7,9H2,1H3,(H2,23,24,25,26)/t12-,14?,15?/m0/s1. The largest absolute Gasteiger partial charge is 0.393 e. The fourth-order valence-corrected chi connectivity index (χ4v) is 3.06. The highest BCUT2D eigenvalue weighted by molar-refractivity contribution is 5.72. The minimum atomic E-state index is -0.969. The number of alkyl halides is 1. The minimum absolute atomic E-state index is 0.139. The summed E-state index contributed by atoms with van der Waals surface area (Å²) >= 11 is 0. The van der Waals surface area contributed by atoms with Crippen LogP contribution in [-0.2, 0) is 0 Å². The molecule has 3 rings (SSSR count). The average molecular weight is 377 g/mol. The molecule has 2 heterocycles. The number of pyridine rings is 1. The van der Waals surface area contributed by atoms with Gasteiger partial charge in [-0.3, -0.25) is 4.98 Å². The molecular weight excluding hydrogens is 352 g/mol. The first-order valence-electron chi connectivity index (χ1n) is 9.36. The molecule has 0 aromatic carbocycles. The van der Waals surface area contributed by atoms with Crippen molar-refractivity contribution in [2.24, 2.45) is 0 Å². The SMILES string of the molecule is CC[C@H](F)CNc1ncc(-c2ccc(F)cn2)c(NC2CCC(O)CC2)n1. The summed E-state index contributed by atoms with van der Waals surface area (Å²) in [5.41, 5.74) is 1.21. The molecule has 0 spiro atoms. The normalized spacial score (nSPS) is 20.9. The molecule has 0 amide bonds. The van der Waals surface area contributed by atoms with E-state index in [2.05, 4.69) is 25.6 Å². The molecule has 0 unspecified atom stereocenters. The van der Waals surface area contributed by atoms with Crippen molar-refractivity contribution < 1.29 is 13.9 Å². The zero-order chi connectivity index (χ0) is 19.2. The maximum Gasteiger partial charge on any atom is 0.224 e. The molecule has 3 N–H and O–H groups in total. The van der Waals surface area contributed by atoms with Crippen LogP contribution in [0.3, 0.4) is 0 Å². The van der Waals surface area contributed by atoms with Crippen molar-refractivity contribution in [2.45, 2.75) is 57.3 Å². The van der Waals surface area contributed by atoms with Crippen LogP contribution in [0.5, 0.6) is 0 Å². The summed E-state index contributed by atoms with van der Waals surface area (Å²) in [5.74, 6) is 0.484. The topological polar surface area (TPSA) is 83.0 Å². The van der Waals surface area contributed by atoms with Gasteiger partial charge in [0.25, 0.3) is 0 Å². The third-order valence-corrected chi connectivity index (χ3v) is 4.75. The number of rotatable bonds is 7. The summed E-state index contributed by atoms with van der Waals surface area (Å²) in [6.45, 7) is 1.92. The van der Waals surface area contributed by atoms with Crippen molar-refractivity contribution in [1.82, 2.24) is 15.0 Å². The molecule has 2 aromatic heterocycles. The Labute approximate surface area is 157 Å². The van der Waals surface area contributed by atoms with Gasteiger partial charge in [-0.1, -0.05) is 6.92 Å². The summed E-state index contributed by atoms with van der Waals surface area (Å²) in [6, 6.07) is 3.08. The number of hydrogen-bond donors (Lipinski definition) is 3. The van der Waals surface area contributed by atoms with E-state index in [9.17, 15) is 13.9 Å². The van der Waals surface area contributed by atoms with Gasteiger partial charge in [0.15, 0.2) is 0 Å². The Kier molecular flexibility index (Phi) is 6.49. The first kappa shape index (κ1) is 19.4.